The Bertz CT molecular complexity index is 1570. The maximum atomic E-state index is 12.2. The van der Waals surface area contributed by atoms with Crippen LogP contribution in [0.1, 0.15) is 58.8 Å². The van der Waals surface area contributed by atoms with Gasteiger partial charge in [0.05, 0.1) is 32.0 Å². The Morgan fingerprint density at radius 1 is 1.12 bits per heavy atom. The summed E-state index contributed by atoms with van der Waals surface area (Å²) in [5.41, 5.74) is 4.83. The van der Waals surface area contributed by atoms with Crippen molar-refractivity contribution in [3.63, 3.8) is 0 Å². The Labute approximate surface area is 234 Å². The van der Waals surface area contributed by atoms with Crippen molar-refractivity contribution in [2.75, 3.05) is 26.9 Å². The number of benzene rings is 3. The Morgan fingerprint density at radius 3 is 2.88 bits per heavy atom. The predicted octanol–water partition coefficient (Wildman–Crippen LogP) is 6.79. The SMILES string of the molecule is COc1cc(C)c2[nH]ccc2c1CN1CC[C@@H]2C[C@@H]1c1ccc(C(=O)O)c3ccc(cc13)OCCC/C=C/CO2. The molecule has 3 aromatic carbocycles. The van der Waals surface area contributed by atoms with Crippen LogP contribution < -0.4 is 9.47 Å². The number of aromatic amines is 1. The minimum absolute atomic E-state index is 0.0217. The zero-order chi connectivity index (χ0) is 27.6. The summed E-state index contributed by atoms with van der Waals surface area (Å²) in [7, 11) is 1.73. The highest BCUT2D eigenvalue weighted by molar-refractivity contribution is 6.05. The third-order valence-corrected chi connectivity index (χ3v) is 8.35. The second-order valence-electron chi connectivity index (χ2n) is 10.8. The number of aromatic nitrogens is 1. The Balaban J connectivity index is 1.47. The van der Waals surface area contributed by atoms with E-state index in [1.807, 2.05) is 30.5 Å². The molecule has 7 nitrogen and oxygen atoms in total. The molecule has 1 aromatic heterocycles. The zero-order valence-electron chi connectivity index (χ0n) is 23.1. The van der Waals surface area contributed by atoms with Gasteiger partial charge in [0.2, 0.25) is 0 Å². The molecule has 2 atom stereocenters. The van der Waals surface area contributed by atoms with E-state index < -0.39 is 5.97 Å². The lowest BCUT2D eigenvalue weighted by Crippen LogP contribution is -2.39. The van der Waals surface area contributed by atoms with Crippen LogP contribution in [-0.2, 0) is 11.3 Å². The van der Waals surface area contributed by atoms with Gasteiger partial charge in [-0.1, -0.05) is 18.2 Å². The first-order valence-electron chi connectivity index (χ1n) is 14.1. The van der Waals surface area contributed by atoms with E-state index in [1.54, 1.807) is 13.2 Å². The second kappa shape index (κ2) is 11.4. The highest BCUT2D eigenvalue weighted by atomic mass is 16.5. The fourth-order valence-corrected chi connectivity index (χ4v) is 6.32. The molecule has 4 aromatic rings. The summed E-state index contributed by atoms with van der Waals surface area (Å²) < 4.78 is 18.3. The molecule has 208 valence electrons. The molecule has 4 bridgehead atoms. The van der Waals surface area contributed by atoms with E-state index >= 15 is 0 Å². The number of carboxylic acid groups (broad SMARTS) is 1. The smallest absolute Gasteiger partial charge is 0.336 e. The van der Waals surface area contributed by atoms with Gasteiger partial charge < -0.3 is 24.3 Å². The highest BCUT2D eigenvalue weighted by Crippen LogP contribution is 2.41. The van der Waals surface area contributed by atoms with Gasteiger partial charge in [0.1, 0.15) is 11.5 Å². The van der Waals surface area contributed by atoms with E-state index in [0.717, 1.165) is 76.7 Å². The average Bonchev–Trinajstić information content (AvgIpc) is 3.46. The normalized spacial score (nSPS) is 21.1. The molecule has 0 spiro atoms. The number of ether oxygens (including phenoxy) is 3. The van der Waals surface area contributed by atoms with Gasteiger partial charge in [0.15, 0.2) is 0 Å². The topological polar surface area (TPSA) is 84.0 Å². The molecule has 40 heavy (non-hydrogen) atoms. The number of nitrogens with zero attached hydrogens (tertiary/aromatic N) is 1. The van der Waals surface area contributed by atoms with Crippen LogP contribution in [0.5, 0.6) is 11.5 Å². The molecule has 1 saturated heterocycles. The van der Waals surface area contributed by atoms with Gasteiger partial charge >= 0.3 is 5.97 Å². The molecule has 0 saturated carbocycles. The number of carboxylic acids is 1. The van der Waals surface area contributed by atoms with Crippen LogP contribution in [0.3, 0.4) is 0 Å². The van der Waals surface area contributed by atoms with Gasteiger partial charge in [-0.15, -0.1) is 0 Å². The van der Waals surface area contributed by atoms with Crippen molar-refractivity contribution in [3.8, 4) is 11.5 Å². The average molecular weight is 541 g/mol. The number of aryl methyl sites for hydroxylation is 1. The number of nitrogens with one attached hydrogen (secondary N) is 1. The summed E-state index contributed by atoms with van der Waals surface area (Å²) in [5, 5.41) is 12.8. The number of allylic oxidation sites excluding steroid dienone is 1. The lowest BCUT2D eigenvalue weighted by Gasteiger charge is -2.40. The summed E-state index contributed by atoms with van der Waals surface area (Å²) in [4.78, 5) is 18.0. The van der Waals surface area contributed by atoms with Crippen LogP contribution in [0.2, 0.25) is 0 Å². The maximum Gasteiger partial charge on any atom is 0.336 e. The van der Waals surface area contributed by atoms with Crippen LogP contribution in [0, 0.1) is 6.92 Å². The quantitative estimate of drug-likeness (QED) is 0.277. The number of H-pyrrole nitrogens is 1. The number of carbonyl (C=O) groups is 1. The summed E-state index contributed by atoms with van der Waals surface area (Å²) in [6, 6.07) is 13.8. The van der Waals surface area contributed by atoms with Crippen molar-refractivity contribution >= 4 is 27.6 Å². The van der Waals surface area contributed by atoms with Crippen molar-refractivity contribution in [2.24, 2.45) is 0 Å². The molecular formula is C33H36N2O5. The molecule has 0 amide bonds. The number of aromatic carboxylic acids is 1. The molecule has 3 heterocycles. The number of likely N-dealkylation sites (tertiary alicyclic amines) is 1. The van der Waals surface area contributed by atoms with Crippen molar-refractivity contribution in [1.82, 2.24) is 9.88 Å². The summed E-state index contributed by atoms with van der Waals surface area (Å²) in [5.74, 6) is 0.717. The Hall–Kier alpha value is -3.81. The minimum atomic E-state index is -0.928. The van der Waals surface area contributed by atoms with Crippen molar-refractivity contribution in [2.45, 2.75) is 51.3 Å². The predicted molar refractivity (Wildman–Crippen MR) is 156 cm³/mol. The van der Waals surface area contributed by atoms with Gasteiger partial charge in [-0.3, -0.25) is 4.90 Å². The van der Waals surface area contributed by atoms with Crippen molar-refractivity contribution in [1.29, 1.82) is 0 Å². The lowest BCUT2D eigenvalue weighted by molar-refractivity contribution is -0.00745. The van der Waals surface area contributed by atoms with E-state index in [2.05, 4.69) is 41.1 Å². The molecule has 0 unspecified atom stereocenters. The number of rotatable bonds is 4. The second-order valence-corrected chi connectivity index (χ2v) is 10.8. The molecule has 7 heteroatoms. The largest absolute Gasteiger partial charge is 0.496 e. The zero-order valence-corrected chi connectivity index (χ0v) is 23.1. The van der Waals surface area contributed by atoms with Crippen LogP contribution >= 0.6 is 0 Å². The number of methoxy groups -OCH3 is 1. The van der Waals surface area contributed by atoms with Crippen LogP contribution in [-0.4, -0.2) is 53.9 Å². The summed E-state index contributed by atoms with van der Waals surface area (Å²) in [6.07, 6.45) is 9.94. The van der Waals surface area contributed by atoms with Crippen LogP contribution in [0.25, 0.3) is 21.7 Å². The van der Waals surface area contributed by atoms with E-state index in [-0.39, 0.29) is 12.1 Å². The molecule has 2 N–H and O–H groups in total. The molecule has 2 aliphatic rings. The minimum Gasteiger partial charge on any atom is -0.496 e. The van der Waals surface area contributed by atoms with E-state index in [9.17, 15) is 9.90 Å². The fraction of sp³-hybridized carbons (Fsp3) is 0.364. The molecule has 0 aliphatic carbocycles. The summed E-state index contributed by atoms with van der Waals surface area (Å²) >= 11 is 0. The van der Waals surface area contributed by atoms with Gasteiger partial charge in [-0.05, 0) is 90.9 Å². The standard InChI is InChI=1S/C33H36N2O5/c1-21-17-31(38-2)29(26-11-13-34-32(21)26)20-35-14-12-23-19-30(35)25-9-10-27(33(36)37)24-8-7-22(18-28(24)25)39-15-5-3-4-6-16-40-23/h4,6-11,13,17-18,23,30,34H,3,5,12,14-16,19-20H2,1-2H3,(H,36,37)/b6-4+/t23-,30-/m1/s1. The van der Waals surface area contributed by atoms with Crippen LogP contribution in [0.4, 0.5) is 0 Å². The fourth-order valence-electron chi connectivity index (χ4n) is 6.32. The Kier molecular flexibility index (Phi) is 7.50. The lowest BCUT2D eigenvalue weighted by atomic mass is 9.88. The van der Waals surface area contributed by atoms with Gasteiger partial charge in [-0.2, -0.15) is 0 Å². The molecule has 1 fully saturated rings. The van der Waals surface area contributed by atoms with Crippen molar-refractivity contribution in [3.05, 3.63) is 83.1 Å². The third kappa shape index (κ3) is 5.07. The van der Waals surface area contributed by atoms with E-state index in [0.29, 0.717) is 25.3 Å². The van der Waals surface area contributed by atoms with E-state index in [1.165, 1.54) is 5.39 Å². The number of hydrogen-bond donors (Lipinski definition) is 2. The first-order valence-corrected chi connectivity index (χ1v) is 14.1. The summed E-state index contributed by atoms with van der Waals surface area (Å²) in [6.45, 7) is 4.84. The third-order valence-electron chi connectivity index (χ3n) is 8.35. The monoisotopic (exact) mass is 540 g/mol. The molecule has 0 radical (unpaired) electrons. The molecule has 6 rings (SSSR count). The first kappa shape index (κ1) is 26.4. The van der Waals surface area contributed by atoms with Gasteiger partial charge in [0.25, 0.3) is 0 Å². The van der Waals surface area contributed by atoms with Gasteiger partial charge in [0, 0.05) is 41.8 Å². The van der Waals surface area contributed by atoms with E-state index in [4.69, 9.17) is 14.2 Å². The number of piperidine rings is 1. The Morgan fingerprint density at radius 2 is 2.02 bits per heavy atom. The van der Waals surface area contributed by atoms with Gasteiger partial charge in [-0.25, -0.2) is 4.79 Å². The molecule has 2 aliphatic heterocycles. The highest BCUT2D eigenvalue weighted by Gasteiger charge is 2.33. The first-order chi connectivity index (χ1) is 19.5. The number of fused-ring (bicyclic) bond motifs is 5. The maximum absolute atomic E-state index is 12.2. The number of hydrogen-bond acceptors (Lipinski definition) is 5. The van der Waals surface area contributed by atoms with Crippen LogP contribution in [0.15, 0.2) is 60.8 Å². The molecular weight excluding hydrogens is 504 g/mol. The van der Waals surface area contributed by atoms with Crippen molar-refractivity contribution < 1.29 is 24.1 Å².